The van der Waals surface area contributed by atoms with Gasteiger partial charge in [-0.1, -0.05) is 109 Å². The first-order valence-electron chi connectivity index (χ1n) is 12.6. The summed E-state index contributed by atoms with van der Waals surface area (Å²) in [5.74, 6) is 3.29. The van der Waals surface area contributed by atoms with Crippen molar-refractivity contribution in [1.82, 2.24) is 0 Å². The average molecular weight is 525 g/mol. The Morgan fingerprint density at radius 1 is 0.500 bits per heavy atom. The highest BCUT2D eigenvalue weighted by molar-refractivity contribution is 8.26. The zero-order chi connectivity index (χ0) is 25.3. The predicted molar refractivity (Wildman–Crippen MR) is 161 cm³/mol. The number of fused-ring (bicyclic) bond motifs is 6. The van der Waals surface area contributed by atoms with Gasteiger partial charge in [0.15, 0.2) is 0 Å². The van der Waals surface area contributed by atoms with Crippen LogP contribution in [0.15, 0.2) is 127 Å². The molecule has 8 rings (SSSR count). The van der Waals surface area contributed by atoms with Crippen molar-refractivity contribution in [1.29, 1.82) is 0 Å². The molecule has 0 spiro atoms. The third-order valence-corrected chi connectivity index (χ3v) is 12.4. The van der Waals surface area contributed by atoms with Gasteiger partial charge in [0.25, 0.3) is 0 Å². The molecule has 0 N–H and O–H groups in total. The second-order valence-corrected chi connectivity index (χ2v) is 13.9. The van der Waals surface area contributed by atoms with Gasteiger partial charge < -0.3 is 9.47 Å². The van der Waals surface area contributed by atoms with Crippen LogP contribution in [0.1, 0.15) is 0 Å². The second-order valence-electron chi connectivity index (χ2n) is 9.65. The van der Waals surface area contributed by atoms with Gasteiger partial charge in [-0.05, 0) is 58.0 Å². The van der Waals surface area contributed by atoms with E-state index in [2.05, 4.69) is 109 Å². The number of rotatable bonds is 2. The van der Waals surface area contributed by atoms with Crippen molar-refractivity contribution in [3.63, 3.8) is 0 Å². The summed E-state index contributed by atoms with van der Waals surface area (Å²) in [5, 5.41) is 5.41. The van der Waals surface area contributed by atoms with Crippen LogP contribution >= 0.6 is 6.04 Å². The minimum absolute atomic E-state index is 0.793. The summed E-state index contributed by atoms with van der Waals surface area (Å²) in [4.78, 5) is 0. The fourth-order valence-corrected chi connectivity index (χ4v) is 10.3. The van der Waals surface area contributed by atoms with Crippen LogP contribution in [0, 0.1) is 0 Å². The van der Waals surface area contributed by atoms with Crippen molar-refractivity contribution in [2.24, 2.45) is 0 Å². The lowest BCUT2D eigenvalue weighted by molar-refractivity contribution is 0.469. The van der Waals surface area contributed by atoms with Gasteiger partial charge in [0.05, 0.1) is 11.3 Å². The first-order chi connectivity index (χ1) is 18.7. The molecule has 1 unspecified atom stereocenters. The molecule has 2 aliphatic heterocycles. The van der Waals surface area contributed by atoms with Crippen LogP contribution in [-0.4, -0.2) is 0 Å². The Labute approximate surface area is 226 Å². The average Bonchev–Trinajstić information content (AvgIpc) is 2.97. The molecule has 38 heavy (non-hydrogen) atoms. The van der Waals surface area contributed by atoms with Crippen LogP contribution < -0.4 is 25.4 Å². The van der Waals surface area contributed by atoms with Crippen LogP contribution in [0.3, 0.4) is 0 Å². The number of hydrogen-bond donors (Lipinski definition) is 0. The number of benzene rings is 6. The van der Waals surface area contributed by atoms with Gasteiger partial charge in [-0.15, -0.1) is 0 Å². The largest absolute Gasteiger partial charge is 0.456 e. The molecule has 4 heteroatoms. The molecule has 1 atom stereocenters. The fourth-order valence-electron chi connectivity index (χ4n) is 5.80. The highest BCUT2D eigenvalue weighted by atomic mass is 32.4. The van der Waals surface area contributed by atoms with E-state index < -0.39 is 6.04 Å². The zero-order valence-corrected chi connectivity index (χ0v) is 22.0. The van der Waals surface area contributed by atoms with Crippen LogP contribution in [0.25, 0.3) is 33.0 Å². The van der Waals surface area contributed by atoms with Crippen molar-refractivity contribution in [2.45, 2.75) is 0 Å². The molecule has 2 nitrogen and oxygen atoms in total. The van der Waals surface area contributed by atoms with Gasteiger partial charge in [-0.3, -0.25) is 0 Å². The first-order valence-corrected chi connectivity index (χ1v) is 15.4. The minimum atomic E-state index is -2.42. The van der Waals surface area contributed by atoms with Gasteiger partial charge in [0.2, 0.25) is 0 Å². The van der Waals surface area contributed by atoms with Crippen LogP contribution in [0.4, 0.5) is 0 Å². The smallest absolute Gasteiger partial charge is 0.144 e. The molecule has 2 heterocycles. The van der Waals surface area contributed by atoms with Crippen molar-refractivity contribution in [3.8, 4) is 45.3 Å². The van der Waals surface area contributed by atoms with E-state index in [9.17, 15) is 0 Å². The Bertz CT molecular complexity index is 1960. The Balaban J connectivity index is 1.44. The van der Waals surface area contributed by atoms with Gasteiger partial charge in [0, 0.05) is 16.0 Å². The van der Waals surface area contributed by atoms with Crippen molar-refractivity contribution in [3.05, 3.63) is 127 Å². The van der Waals surface area contributed by atoms with Crippen molar-refractivity contribution < 1.29 is 9.47 Å². The zero-order valence-electron chi connectivity index (χ0n) is 20.3. The molecule has 0 radical (unpaired) electrons. The topological polar surface area (TPSA) is 18.5 Å². The Morgan fingerprint density at radius 3 is 2.00 bits per heavy atom. The molecule has 0 aliphatic carbocycles. The SMILES string of the molecule is S=P12c3ccccc3Oc3cc(-c4ccccc4-c4ccccc4)cc(c31)Oc1c2ccc2ccccc12. The molecule has 0 amide bonds. The monoisotopic (exact) mass is 524 g/mol. The molecule has 6 aromatic carbocycles. The van der Waals surface area contributed by atoms with Gasteiger partial charge >= 0.3 is 0 Å². The highest BCUT2D eigenvalue weighted by Gasteiger charge is 2.43. The van der Waals surface area contributed by atoms with Crippen LogP contribution in [0.5, 0.6) is 23.0 Å². The lowest BCUT2D eigenvalue weighted by Crippen LogP contribution is -2.35. The van der Waals surface area contributed by atoms with E-state index in [1.54, 1.807) is 0 Å². The minimum Gasteiger partial charge on any atom is -0.456 e. The third-order valence-electron chi connectivity index (χ3n) is 7.51. The van der Waals surface area contributed by atoms with E-state index in [4.69, 9.17) is 21.3 Å². The molecular formula is C34H21O2PS. The lowest BCUT2D eigenvalue weighted by atomic mass is 9.94. The fraction of sp³-hybridized carbons (Fsp3) is 0. The normalized spacial score (nSPS) is 16.5. The molecular weight excluding hydrogens is 503 g/mol. The van der Waals surface area contributed by atoms with E-state index >= 15 is 0 Å². The molecule has 0 saturated heterocycles. The molecule has 0 bridgehead atoms. The van der Waals surface area contributed by atoms with Crippen molar-refractivity contribution >= 4 is 44.5 Å². The summed E-state index contributed by atoms with van der Waals surface area (Å²) in [6.45, 7) is 0. The predicted octanol–water partition coefficient (Wildman–Crippen LogP) is 8.14. The molecule has 180 valence electrons. The highest BCUT2D eigenvalue weighted by Crippen LogP contribution is 2.60. The summed E-state index contributed by atoms with van der Waals surface area (Å²) in [5.41, 5.74) is 4.50. The summed E-state index contributed by atoms with van der Waals surface area (Å²) in [7, 11) is 0. The van der Waals surface area contributed by atoms with Crippen LogP contribution in [0.2, 0.25) is 0 Å². The molecule has 6 aromatic rings. The Kier molecular flexibility index (Phi) is 4.70. The molecule has 0 aromatic heterocycles. The van der Waals surface area contributed by atoms with Gasteiger partial charge in [-0.25, -0.2) is 0 Å². The van der Waals surface area contributed by atoms with E-state index in [0.29, 0.717) is 0 Å². The first kappa shape index (κ1) is 21.9. The third kappa shape index (κ3) is 3.04. The number of ether oxygens (including phenoxy) is 2. The quantitative estimate of drug-likeness (QED) is 0.213. The summed E-state index contributed by atoms with van der Waals surface area (Å²) >= 11 is 6.73. The van der Waals surface area contributed by atoms with Crippen molar-refractivity contribution in [2.75, 3.05) is 0 Å². The van der Waals surface area contributed by atoms with E-state index in [-0.39, 0.29) is 0 Å². The molecule has 2 aliphatic rings. The van der Waals surface area contributed by atoms with Gasteiger partial charge in [0.1, 0.15) is 23.0 Å². The van der Waals surface area contributed by atoms with Gasteiger partial charge in [-0.2, -0.15) is 0 Å². The lowest BCUT2D eigenvalue weighted by Gasteiger charge is -2.38. The van der Waals surface area contributed by atoms with E-state index in [1.165, 1.54) is 5.56 Å². The maximum absolute atomic E-state index is 6.81. The standard InChI is InChI=1S/C34H21O2PS/c38-37-31-17-9-8-16-28(31)35-29-20-24(26-14-7-6-13-25(26)22-10-2-1-3-11-22)21-30(34(29)37)36-33-27-15-5-4-12-23(27)18-19-32(33)37/h1-21H. The second kappa shape index (κ2) is 8.16. The molecule has 0 saturated carbocycles. The number of para-hydroxylation sites is 1. The van der Waals surface area contributed by atoms with E-state index in [0.717, 1.165) is 66.4 Å². The van der Waals surface area contributed by atoms with E-state index in [1.807, 2.05) is 18.2 Å². The summed E-state index contributed by atoms with van der Waals surface area (Å²) < 4.78 is 13.4. The molecule has 0 fully saturated rings. The summed E-state index contributed by atoms with van der Waals surface area (Å²) in [6, 6.07) is 41.8. The maximum atomic E-state index is 6.81. The Morgan fingerprint density at radius 2 is 1.16 bits per heavy atom. The number of hydrogen-bond acceptors (Lipinski definition) is 3. The van der Waals surface area contributed by atoms with Crippen LogP contribution in [-0.2, 0) is 11.8 Å². The summed E-state index contributed by atoms with van der Waals surface area (Å²) in [6.07, 6.45) is 0. The Hall–Kier alpha value is -4.17. The maximum Gasteiger partial charge on any atom is 0.144 e.